The van der Waals surface area contributed by atoms with Crippen molar-refractivity contribution in [1.29, 1.82) is 0 Å². The predicted octanol–water partition coefficient (Wildman–Crippen LogP) is 2.50. The maximum absolute atomic E-state index is 12.6. The number of rotatable bonds is 2. The molecule has 2 aromatic rings. The number of hydrogen-bond acceptors (Lipinski definition) is 3. The summed E-state index contributed by atoms with van der Waals surface area (Å²) in [6.45, 7) is 0. The lowest BCUT2D eigenvalue weighted by molar-refractivity contribution is 0.180. The average molecular weight is 274 g/mol. The number of sulfone groups is 1. The lowest BCUT2D eigenvalue weighted by Crippen LogP contribution is -2.05. The molecule has 0 bridgehead atoms. The molecule has 0 heterocycles. The monoisotopic (exact) mass is 274 g/mol. The molecule has 0 fully saturated rings. The molecule has 3 rings (SSSR count). The van der Waals surface area contributed by atoms with Gasteiger partial charge in [-0.15, -0.1) is 0 Å². The molecule has 0 aromatic heterocycles. The summed E-state index contributed by atoms with van der Waals surface area (Å²) in [7, 11) is -3.50. The Bertz CT molecular complexity index is 705. The van der Waals surface area contributed by atoms with Crippen LogP contribution < -0.4 is 0 Å². The van der Waals surface area contributed by atoms with E-state index in [1.807, 2.05) is 0 Å². The summed E-state index contributed by atoms with van der Waals surface area (Å²) >= 11 is 0. The Hall–Kier alpha value is -1.65. The van der Waals surface area contributed by atoms with Crippen LogP contribution in [0.3, 0.4) is 0 Å². The molecular formula is C15H14O3S. The molecule has 0 aliphatic heterocycles. The van der Waals surface area contributed by atoms with Gasteiger partial charge in [-0.2, -0.15) is 0 Å². The van der Waals surface area contributed by atoms with E-state index in [0.717, 1.165) is 11.1 Å². The minimum atomic E-state index is -3.50. The third kappa shape index (κ3) is 1.97. The third-order valence-corrected chi connectivity index (χ3v) is 5.39. The summed E-state index contributed by atoms with van der Waals surface area (Å²) in [5, 5.41) is 9.85. The van der Waals surface area contributed by atoms with Crippen LogP contribution in [0, 0.1) is 0 Å². The van der Waals surface area contributed by atoms with E-state index in [0.29, 0.717) is 22.6 Å². The summed E-state index contributed by atoms with van der Waals surface area (Å²) in [5.41, 5.74) is 1.51. The fraction of sp³-hybridized carbons (Fsp3) is 0.200. The second-order valence-corrected chi connectivity index (χ2v) is 6.61. The minimum absolute atomic E-state index is 0.296. The Balaban J connectivity index is 2.19. The van der Waals surface area contributed by atoms with Gasteiger partial charge < -0.3 is 5.11 Å². The molecular weight excluding hydrogens is 260 g/mol. The molecule has 0 saturated carbocycles. The lowest BCUT2D eigenvalue weighted by Gasteiger charge is -2.10. The molecule has 0 radical (unpaired) electrons. The zero-order valence-electron chi connectivity index (χ0n) is 10.3. The highest BCUT2D eigenvalue weighted by atomic mass is 32.2. The van der Waals surface area contributed by atoms with E-state index in [2.05, 4.69) is 0 Å². The summed E-state index contributed by atoms with van der Waals surface area (Å²) in [4.78, 5) is 0.623. The molecule has 19 heavy (non-hydrogen) atoms. The second kappa shape index (κ2) is 4.47. The highest BCUT2D eigenvalue weighted by Gasteiger charge is 2.28. The van der Waals surface area contributed by atoms with Crippen molar-refractivity contribution in [3.63, 3.8) is 0 Å². The molecule has 98 valence electrons. The van der Waals surface area contributed by atoms with Crippen LogP contribution in [0.1, 0.15) is 23.7 Å². The zero-order valence-corrected chi connectivity index (χ0v) is 11.1. The van der Waals surface area contributed by atoms with E-state index in [1.54, 1.807) is 48.5 Å². The van der Waals surface area contributed by atoms with Gasteiger partial charge in [0.2, 0.25) is 9.84 Å². The van der Waals surface area contributed by atoms with E-state index in [4.69, 9.17) is 0 Å². The van der Waals surface area contributed by atoms with E-state index < -0.39 is 15.9 Å². The molecule has 1 atom stereocenters. The number of fused-ring (bicyclic) bond motifs is 1. The summed E-state index contributed by atoms with van der Waals surface area (Å²) < 4.78 is 25.2. The summed E-state index contributed by atoms with van der Waals surface area (Å²) in [5.74, 6) is 0. The first kappa shape index (κ1) is 12.4. The number of aliphatic hydroxyl groups is 1. The molecule has 1 aliphatic rings. The highest BCUT2D eigenvalue weighted by Crippen LogP contribution is 2.36. The first-order chi connectivity index (χ1) is 9.10. The standard InChI is InChI=1S/C15H14O3S/c16-14-10-9-13-12(14)7-4-8-15(13)19(17,18)11-5-2-1-3-6-11/h1-8,14,16H,9-10H2. The lowest BCUT2D eigenvalue weighted by atomic mass is 10.1. The van der Waals surface area contributed by atoms with Crippen LogP contribution in [-0.4, -0.2) is 13.5 Å². The minimum Gasteiger partial charge on any atom is -0.388 e. The number of benzene rings is 2. The van der Waals surface area contributed by atoms with Gasteiger partial charge in [0.15, 0.2) is 0 Å². The van der Waals surface area contributed by atoms with Gasteiger partial charge in [-0.1, -0.05) is 30.3 Å². The van der Waals surface area contributed by atoms with Crippen molar-refractivity contribution >= 4 is 9.84 Å². The van der Waals surface area contributed by atoms with Crippen molar-refractivity contribution in [3.05, 3.63) is 59.7 Å². The van der Waals surface area contributed by atoms with Crippen LogP contribution in [0.2, 0.25) is 0 Å². The average Bonchev–Trinajstić information content (AvgIpc) is 2.81. The molecule has 3 nitrogen and oxygen atoms in total. The van der Waals surface area contributed by atoms with Crippen molar-refractivity contribution in [2.45, 2.75) is 28.7 Å². The van der Waals surface area contributed by atoms with E-state index in [-0.39, 0.29) is 0 Å². The Labute approximate surface area is 112 Å². The fourth-order valence-corrected chi connectivity index (χ4v) is 4.15. The van der Waals surface area contributed by atoms with Crippen LogP contribution in [0.5, 0.6) is 0 Å². The van der Waals surface area contributed by atoms with Crippen LogP contribution >= 0.6 is 0 Å². The van der Waals surface area contributed by atoms with Crippen molar-refractivity contribution in [3.8, 4) is 0 Å². The van der Waals surface area contributed by atoms with Crippen molar-refractivity contribution in [1.82, 2.24) is 0 Å². The molecule has 4 heteroatoms. The van der Waals surface area contributed by atoms with Crippen molar-refractivity contribution in [2.75, 3.05) is 0 Å². The maximum Gasteiger partial charge on any atom is 0.206 e. The molecule has 1 N–H and O–H groups in total. The second-order valence-electron chi connectivity index (χ2n) is 4.69. The first-order valence-electron chi connectivity index (χ1n) is 6.20. The Kier molecular flexibility index (Phi) is 2.92. The number of hydrogen-bond donors (Lipinski definition) is 1. The van der Waals surface area contributed by atoms with Gasteiger partial charge in [-0.05, 0) is 42.2 Å². The van der Waals surface area contributed by atoms with Crippen LogP contribution in [0.4, 0.5) is 0 Å². The van der Waals surface area contributed by atoms with Crippen molar-refractivity contribution in [2.24, 2.45) is 0 Å². The molecule has 0 saturated heterocycles. The van der Waals surface area contributed by atoms with Gasteiger partial charge in [-0.25, -0.2) is 8.42 Å². The summed E-state index contributed by atoms with van der Waals surface area (Å²) in [6, 6.07) is 13.5. The van der Waals surface area contributed by atoms with Crippen LogP contribution in [-0.2, 0) is 16.3 Å². The van der Waals surface area contributed by atoms with Crippen molar-refractivity contribution < 1.29 is 13.5 Å². The topological polar surface area (TPSA) is 54.4 Å². The Morgan fingerprint density at radius 1 is 1.00 bits per heavy atom. The first-order valence-corrected chi connectivity index (χ1v) is 7.69. The maximum atomic E-state index is 12.6. The number of aliphatic hydroxyl groups excluding tert-OH is 1. The predicted molar refractivity (Wildman–Crippen MR) is 71.6 cm³/mol. The van der Waals surface area contributed by atoms with Gasteiger partial charge in [-0.3, -0.25) is 0 Å². The molecule has 0 amide bonds. The Morgan fingerprint density at radius 3 is 2.47 bits per heavy atom. The smallest absolute Gasteiger partial charge is 0.206 e. The van der Waals surface area contributed by atoms with Gasteiger partial charge >= 0.3 is 0 Å². The fourth-order valence-electron chi connectivity index (χ4n) is 2.58. The van der Waals surface area contributed by atoms with Gasteiger partial charge in [0.1, 0.15) is 0 Å². The highest BCUT2D eigenvalue weighted by molar-refractivity contribution is 7.91. The van der Waals surface area contributed by atoms with E-state index >= 15 is 0 Å². The molecule has 2 aromatic carbocycles. The van der Waals surface area contributed by atoms with E-state index in [9.17, 15) is 13.5 Å². The molecule has 1 unspecified atom stereocenters. The van der Waals surface area contributed by atoms with Crippen LogP contribution in [0.25, 0.3) is 0 Å². The molecule has 1 aliphatic carbocycles. The zero-order chi connectivity index (χ0) is 13.5. The third-order valence-electron chi connectivity index (χ3n) is 3.54. The quantitative estimate of drug-likeness (QED) is 0.915. The normalized spacial score (nSPS) is 18.3. The molecule has 0 spiro atoms. The summed E-state index contributed by atoms with van der Waals surface area (Å²) in [6.07, 6.45) is 0.663. The van der Waals surface area contributed by atoms with E-state index in [1.165, 1.54) is 0 Å². The van der Waals surface area contributed by atoms with Gasteiger partial charge in [0, 0.05) is 0 Å². The SMILES string of the molecule is O=S(=O)(c1ccccc1)c1cccc2c1CCC2O. The van der Waals surface area contributed by atoms with Crippen LogP contribution in [0.15, 0.2) is 58.3 Å². The van der Waals surface area contributed by atoms with Gasteiger partial charge in [0.05, 0.1) is 15.9 Å². The largest absolute Gasteiger partial charge is 0.388 e. The Morgan fingerprint density at radius 2 is 1.74 bits per heavy atom. The van der Waals surface area contributed by atoms with Gasteiger partial charge in [0.25, 0.3) is 0 Å².